The lowest BCUT2D eigenvalue weighted by Crippen LogP contribution is -2.63. The molecular weight excluding hydrogens is 319 g/mol. The van der Waals surface area contributed by atoms with Crippen LogP contribution in [-0.2, 0) is 14.4 Å². The first-order chi connectivity index (χ1) is 9.77. The number of hydrogen-bond acceptors (Lipinski definition) is 4. The van der Waals surface area contributed by atoms with E-state index in [1.54, 1.807) is 0 Å². The van der Waals surface area contributed by atoms with Gasteiger partial charge >= 0.3 is 11.9 Å². The van der Waals surface area contributed by atoms with Gasteiger partial charge in [0, 0.05) is 5.92 Å². The third-order valence-corrected chi connectivity index (χ3v) is 4.57. The molecule has 2 fully saturated rings. The van der Waals surface area contributed by atoms with Gasteiger partial charge in [0.05, 0.1) is 12.0 Å². The summed E-state index contributed by atoms with van der Waals surface area (Å²) in [5.74, 6) is -5.83. The summed E-state index contributed by atoms with van der Waals surface area (Å²) in [6, 6.07) is -0.931. The second kappa shape index (κ2) is 6.37. The first-order valence-corrected chi connectivity index (χ1v) is 6.95. The number of rotatable bonds is 6. The van der Waals surface area contributed by atoms with Gasteiger partial charge < -0.3 is 21.3 Å². The highest BCUT2D eigenvalue weighted by Gasteiger charge is 2.76. The zero-order chi connectivity index (χ0) is 15.9. The third kappa shape index (κ3) is 2.65. The highest BCUT2D eigenvalue weighted by Crippen LogP contribution is 2.63. The highest BCUT2D eigenvalue weighted by atomic mass is 35.5. The average Bonchev–Trinajstić information content (AvgIpc) is 3.02. The molecule has 0 aromatic heterocycles. The van der Waals surface area contributed by atoms with Crippen LogP contribution in [0.15, 0.2) is 0 Å². The largest absolute Gasteiger partial charge is 0.481 e. The van der Waals surface area contributed by atoms with Crippen LogP contribution < -0.4 is 11.1 Å². The first-order valence-electron chi connectivity index (χ1n) is 6.95. The Balaban J connectivity index is 0.00000242. The Kier molecular flexibility index (Phi) is 5.40. The summed E-state index contributed by atoms with van der Waals surface area (Å²) < 4.78 is 14.2. The number of hydrogen-bond donors (Lipinski definition) is 4. The van der Waals surface area contributed by atoms with E-state index in [0.29, 0.717) is 12.8 Å². The first kappa shape index (κ1) is 18.6. The maximum absolute atomic E-state index is 14.2. The fourth-order valence-corrected chi connectivity index (χ4v) is 3.49. The van der Waals surface area contributed by atoms with Gasteiger partial charge in [0.25, 0.3) is 0 Å². The van der Waals surface area contributed by atoms with Gasteiger partial charge in [-0.05, 0) is 18.8 Å². The van der Waals surface area contributed by atoms with Gasteiger partial charge in [-0.3, -0.25) is 9.59 Å². The van der Waals surface area contributed by atoms with E-state index in [-0.39, 0.29) is 18.8 Å². The predicted octanol–water partition coefficient (Wildman–Crippen LogP) is 0.164. The summed E-state index contributed by atoms with van der Waals surface area (Å²) in [5, 5.41) is 20.6. The molecule has 0 aromatic rings. The van der Waals surface area contributed by atoms with Gasteiger partial charge in [0.1, 0.15) is 6.17 Å². The summed E-state index contributed by atoms with van der Waals surface area (Å²) in [6.07, 6.45) is -1.01. The van der Waals surface area contributed by atoms with Crippen LogP contribution in [0.3, 0.4) is 0 Å². The van der Waals surface area contributed by atoms with Crippen molar-refractivity contribution in [3.05, 3.63) is 0 Å². The van der Waals surface area contributed by atoms with Crippen LogP contribution in [0.2, 0.25) is 0 Å². The van der Waals surface area contributed by atoms with Crippen molar-refractivity contribution < 1.29 is 29.0 Å². The van der Waals surface area contributed by atoms with E-state index in [1.165, 1.54) is 0 Å². The summed E-state index contributed by atoms with van der Waals surface area (Å²) in [7, 11) is 0. The Bertz CT molecular complexity index is 491. The zero-order valence-electron chi connectivity index (χ0n) is 12.0. The van der Waals surface area contributed by atoms with Gasteiger partial charge in [-0.2, -0.15) is 0 Å². The van der Waals surface area contributed by atoms with Crippen molar-refractivity contribution in [3.63, 3.8) is 0 Å². The van der Waals surface area contributed by atoms with Crippen molar-refractivity contribution in [2.45, 2.75) is 43.9 Å². The van der Waals surface area contributed by atoms with E-state index < -0.39 is 53.4 Å². The normalized spacial score (nSPS) is 36.7. The molecular formula is C13H20ClFN2O5. The van der Waals surface area contributed by atoms with Gasteiger partial charge in [-0.15, -0.1) is 12.4 Å². The minimum Gasteiger partial charge on any atom is -0.481 e. The van der Waals surface area contributed by atoms with Crippen molar-refractivity contribution in [2.75, 3.05) is 0 Å². The summed E-state index contributed by atoms with van der Waals surface area (Å²) in [6.45, 7) is 1.81. The molecule has 7 nitrogen and oxygen atoms in total. The fraction of sp³-hybridized carbons (Fsp3) is 0.769. The van der Waals surface area contributed by atoms with Gasteiger partial charge in [0.2, 0.25) is 5.91 Å². The quantitative estimate of drug-likeness (QED) is 0.546. The Labute approximate surface area is 132 Å². The molecule has 0 spiro atoms. The van der Waals surface area contributed by atoms with Gasteiger partial charge in [-0.25, -0.2) is 9.18 Å². The van der Waals surface area contributed by atoms with E-state index in [2.05, 4.69) is 5.32 Å². The minimum absolute atomic E-state index is 0. The Morgan fingerprint density at radius 2 is 2.00 bits per heavy atom. The van der Waals surface area contributed by atoms with Crippen molar-refractivity contribution in [1.29, 1.82) is 0 Å². The Morgan fingerprint density at radius 1 is 1.41 bits per heavy atom. The number of carboxylic acid groups (broad SMARTS) is 2. The maximum Gasteiger partial charge on any atom is 0.332 e. The van der Waals surface area contributed by atoms with Crippen LogP contribution in [0.4, 0.5) is 4.39 Å². The van der Waals surface area contributed by atoms with Crippen molar-refractivity contribution in [1.82, 2.24) is 5.32 Å². The third-order valence-electron chi connectivity index (χ3n) is 4.57. The molecule has 0 heterocycles. The standard InChI is InChI=1S/C13H19FN2O5.ClH/c1-2-3-6(15)10(17)16-13(12(20)21)7(14)4-5-8(9(5)13)11(18)19;/h5-9H,2-4,15H2,1H3,(H,16,17)(H,18,19)(H,20,21);1H/t5-,6-,7-,8-,9-,13-;/m0./s1. The number of alkyl halides is 1. The molecule has 22 heavy (non-hydrogen) atoms. The zero-order valence-corrected chi connectivity index (χ0v) is 12.8. The second-order valence-corrected chi connectivity index (χ2v) is 5.82. The van der Waals surface area contributed by atoms with Gasteiger partial charge in [-0.1, -0.05) is 13.3 Å². The lowest BCUT2D eigenvalue weighted by atomic mass is 9.88. The number of carbonyl (C=O) groups is 3. The highest BCUT2D eigenvalue weighted by molar-refractivity contribution is 5.93. The molecule has 2 aliphatic carbocycles. The molecule has 1 amide bonds. The monoisotopic (exact) mass is 338 g/mol. The molecule has 126 valence electrons. The predicted molar refractivity (Wildman–Crippen MR) is 76.3 cm³/mol. The topological polar surface area (TPSA) is 130 Å². The fourth-order valence-electron chi connectivity index (χ4n) is 3.49. The molecule has 2 rings (SSSR count). The van der Waals surface area contributed by atoms with Crippen LogP contribution in [0.5, 0.6) is 0 Å². The molecule has 2 saturated carbocycles. The molecule has 0 saturated heterocycles. The van der Waals surface area contributed by atoms with E-state index in [1.807, 2.05) is 6.92 Å². The Hall–Kier alpha value is -1.41. The molecule has 0 bridgehead atoms. The molecule has 9 heteroatoms. The number of amides is 1. The number of aliphatic carboxylic acids is 2. The van der Waals surface area contributed by atoms with Crippen molar-refractivity contribution in [2.24, 2.45) is 23.5 Å². The van der Waals surface area contributed by atoms with E-state index >= 15 is 0 Å². The molecule has 5 N–H and O–H groups in total. The summed E-state index contributed by atoms with van der Waals surface area (Å²) >= 11 is 0. The van der Waals surface area contributed by atoms with E-state index in [4.69, 9.17) is 10.8 Å². The van der Waals surface area contributed by atoms with Crippen LogP contribution in [0, 0.1) is 17.8 Å². The molecule has 0 aromatic carbocycles. The minimum atomic E-state index is -2.17. The number of halogens is 2. The lowest BCUT2D eigenvalue weighted by Gasteiger charge is -2.32. The van der Waals surface area contributed by atoms with Crippen LogP contribution >= 0.6 is 12.4 Å². The summed E-state index contributed by atoms with van der Waals surface area (Å²) in [5.41, 5.74) is 3.45. The van der Waals surface area contributed by atoms with E-state index in [0.717, 1.165) is 0 Å². The van der Waals surface area contributed by atoms with Gasteiger partial charge in [0.15, 0.2) is 5.54 Å². The number of nitrogens with two attached hydrogens (primary N) is 1. The molecule has 6 atom stereocenters. The Morgan fingerprint density at radius 3 is 2.45 bits per heavy atom. The van der Waals surface area contributed by atoms with Crippen LogP contribution in [0.25, 0.3) is 0 Å². The van der Waals surface area contributed by atoms with Crippen molar-refractivity contribution >= 4 is 30.3 Å². The van der Waals surface area contributed by atoms with Crippen LogP contribution in [-0.4, -0.2) is 45.8 Å². The second-order valence-electron chi connectivity index (χ2n) is 5.82. The van der Waals surface area contributed by atoms with Crippen LogP contribution in [0.1, 0.15) is 26.2 Å². The number of carboxylic acids is 2. The van der Waals surface area contributed by atoms with E-state index in [9.17, 15) is 23.9 Å². The van der Waals surface area contributed by atoms with Crippen molar-refractivity contribution in [3.8, 4) is 0 Å². The number of nitrogens with one attached hydrogen (secondary N) is 1. The maximum atomic E-state index is 14.2. The number of fused-ring (bicyclic) bond motifs is 1. The summed E-state index contributed by atoms with van der Waals surface area (Å²) in [4.78, 5) is 34.6. The molecule has 0 unspecified atom stereocenters. The molecule has 0 aliphatic heterocycles. The number of carbonyl (C=O) groups excluding carboxylic acids is 1. The molecule has 0 radical (unpaired) electrons. The SMILES string of the molecule is CCC[C@H](N)C(=O)N[C@]1(C(=O)O)[C@H]2[C@@H](C[C@@H]1F)[C@@H]2C(=O)O.Cl. The molecule has 2 aliphatic rings. The lowest BCUT2D eigenvalue weighted by molar-refractivity contribution is -0.153. The smallest absolute Gasteiger partial charge is 0.332 e. The average molecular weight is 339 g/mol.